The lowest BCUT2D eigenvalue weighted by Gasteiger charge is -2.29. The number of nitrogens with one attached hydrogen (secondary N) is 1. The number of hydrogen-bond acceptors (Lipinski definition) is 3. The molecule has 5 rings (SSSR count). The molecule has 1 aromatic heterocycles. The van der Waals surface area contributed by atoms with E-state index in [0.717, 1.165) is 62.3 Å². The van der Waals surface area contributed by atoms with E-state index < -0.39 is 16.9 Å². The Hall–Kier alpha value is -1.61. The minimum atomic E-state index is -1.28. The fourth-order valence-corrected chi connectivity index (χ4v) is 6.38. The van der Waals surface area contributed by atoms with Gasteiger partial charge in [0.2, 0.25) is 0 Å². The molecule has 5 nitrogen and oxygen atoms in total. The van der Waals surface area contributed by atoms with E-state index in [0.29, 0.717) is 4.21 Å². The first-order valence-corrected chi connectivity index (χ1v) is 11.8. The Kier molecular flexibility index (Phi) is 4.82. The lowest BCUT2D eigenvalue weighted by atomic mass is 9.83. The van der Waals surface area contributed by atoms with Crippen molar-refractivity contribution in [1.29, 1.82) is 0 Å². The maximum absolute atomic E-state index is 14.3. The molecule has 1 aliphatic heterocycles. The molecule has 0 spiro atoms. The van der Waals surface area contributed by atoms with E-state index in [4.69, 9.17) is 5.14 Å². The number of aryl methyl sites for hydroxylation is 2. The molecule has 0 bridgehead atoms. The monoisotopic (exact) mass is 418 g/mol. The standard InChI is InChI=1S/C20H23FN4OS2/c21-17-10-14(11-25-7-2-8-25)27-19(17)28(22)24-20(26)23-18-15-4-1-3-12(15)9-13-5-6-16(13)18/h9-10H,1-8,11H2,(H3,22,23,24,26). The molecule has 2 aromatic rings. The first-order valence-electron chi connectivity index (χ1n) is 9.77. The van der Waals surface area contributed by atoms with Crippen LogP contribution < -0.4 is 10.5 Å². The molecule has 28 heavy (non-hydrogen) atoms. The third-order valence-corrected chi connectivity index (χ3v) is 8.47. The Labute approximate surface area is 170 Å². The van der Waals surface area contributed by atoms with Crippen LogP contribution in [0.4, 0.5) is 14.9 Å². The molecule has 3 N–H and O–H groups in total. The molecule has 148 valence electrons. The fourth-order valence-electron chi connectivity index (χ4n) is 4.23. The van der Waals surface area contributed by atoms with Gasteiger partial charge in [-0.1, -0.05) is 6.07 Å². The summed E-state index contributed by atoms with van der Waals surface area (Å²) in [7, 11) is -1.28. The number of urea groups is 1. The van der Waals surface area contributed by atoms with E-state index in [2.05, 4.69) is 20.6 Å². The van der Waals surface area contributed by atoms with Crippen molar-refractivity contribution < 1.29 is 9.18 Å². The zero-order chi connectivity index (χ0) is 19.3. The average molecular weight is 419 g/mol. The van der Waals surface area contributed by atoms with Gasteiger partial charge in [0.15, 0.2) is 0 Å². The van der Waals surface area contributed by atoms with Gasteiger partial charge in [-0.15, -0.1) is 11.3 Å². The Morgan fingerprint density at radius 1 is 1.18 bits per heavy atom. The summed E-state index contributed by atoms with van der Waals surface area (Å²) in [6.07, 6.45) is 6.45. The molecular weight excluding hydrogens is 395 g/mol. The highest BCUT2D eigenvalue weighted by atomic mass is 32.2. The summed E-state index contributed by atoms with van der Waals surface area (Å²) >= 11 is 1.33. The fraction of sp³-hybridized carbons (Fsp3) is 0.450. The molecule has 2 amide bonds. The molecule has 1 atom stereocenters. The number of amides is 2. The summed E-state index contributed by atoms with van der Waals surface area (Å²) < 4.78 is 18.8. The first kappa shape index (κ1) is 18.4. The lowest BCUT2D eigenvalue weighted by molar-refractivity contribution is 0.174. The van der Waals surface area contributed by atoms with Crippen molar-refractivity contribution in [2.24, 2.45) is 9.50 Å². The van der Waals surface area contributed by atoms with Gasteiger partial charge in [0.25, 0.3) is 0 Å². The third-order valence-electron chi connectivity index (χ3n) is 5.88. The summed E-state index contributed by atoms with van der Waals surface area (Å²) in [5, 5.41) is 9.07. The molecule has 1 saturated heterocycles. The zero-order valence-electron chi connectivity index (χ0n) is 15.6. The van der Waals surface area contributed by atoms with E-state index in [-0.39, 0.29) is 5.82 Å². The van der Waals surface area contributed by atoms with Crippen LogP contribution in [0.3, 0.4) is 0 Å². The Bertz CT molecular complexity index is 997. The van der Waals surface area contributed by atoms with Crippen molar-refractivity contribution in [2.45, 2.75) is 49.3 Å². The maximum Gasteiger partial charge on any atom is 0.352 e. The quantitative estimate of drug-likeness (QED) is 0.790. The molecule has 0 radical (unpaired) electrons. The van der Waals surface area contributed by atoms with Crippen LogP contribution in [0.5, 0.6) is 0 Å². The smallest absolute Gasteiger partial charge is 0.305 e. The number of anilines is 1. The topological polar surface area (TPSA) is 70.7 Å². The number of hydrogen-bond donors (Lipinski definition) is 2. The molecule has 8 heteroatoms. The molecule has 1 aromatic carbocycles. The maximum atomic E-state index is 14.3. The molecular formula is C20H23FN4OS2. The van der Waals surface area contributed by atoms with E-state index in [1.807, 2.05) is 0 Å². The third kappa shape index (κ3) is 3.32. The van der Waals surface area contributed by atoms with Gasteiger partial charge < -0.3 is 5.32 Å². The van der Waals surface area contributed by atoms with Gasteiger partial charge in [-0.25, -0.2) is 9.18 Å². The second-order valence-electron chi connectivity index (χ2n) is 7.69. The minimum Gasteiger partial charge on any atom is -0.305 e. The molecule has 0 saturated carbocycles. The Morgan fingerprint density at radius 2 is 1.96 bits per heavy atom. The van der Waals surface area contributed by atoms with Crippen LogP contribution in [0.25, 0.3) is 0 Å². The molecule has 3 aliphatic rings. The second kappa shape index (κ2) is 7.33. The second-order valence-corrected chi connectivity index (χ2v) is 10.3. The van der Waals surface area contributed by atoms with Crippen LogP contribution in [-0.2, 0) is 43.1 Å². The molecule has 1 unspecified atom stereocenters. The number of rotatable bonds is 4. The van der Waals surface area contributed by atoms with Gasteiger partial charge in [0.1, 0.15) is 10.0 Å². The van der Waals surface area contributed by atoms with Gasteiger partial charge in [0.05, 0.1) is 0 Å². The van der Waals surface area contributed by atoms with E-state index >= 15 is 0 Å². The van der Waals surface area contributed by atoms with Gasteiger partial charge in [-0.2, -0.15) is 4.36 Å². The van der Waals surface area contributed by atoms with Crippen molar-refractivity contribution in [3.05, 3.63) is 45.1 Å². The number of carbonyl (C=O) groups is 1. The van der Waals surface area contributed by atoms with Crippen molar-refractivity contribution in [3.8, 4) is 0 Å². The summed E-state index contributed by atoms with van der Waals surface area (Å²) in [4.78, 5) is 15.8. The van der Waals surface area contributed by atoms with Crippen LogP contribution in [0, 0.1) is 5.82 Å². The van der Waals surface area contributed by atoms with Gasteiger partial charge >= 0.3 is 6.03 Å². The Morgan fingerprint density at radius 3 is 2.68 bits per heavy atom. The predicted octanol–water partition coefficient (Wildman–Crippen LogP) is 3.95. The van der Waals surface area contributed by atoms with Crippen LogP contribution in [-0.4, -0.2) is 24.0 Å². The van der Waals surface area contributed by atoms with Gasteiger partial charge in [0, 0.05) is 28.0 Å². The number of carbonyl (C=O) groups excluding carboxylic acids is 1. The highest BCUT2D eigenvalue weighted by molar-refractivity contribution is 7.87. The largest absolute Gasteiger partial charge is 0.352 e. The average Bonchev–Trinajstić information content (AvgIpc) is 3.20. The van der Waals surface area contributed by atoms with E-state index in [1.165, 1.54) is 46.1 Å². The van der Waals surface area contributed by atoms with Crippen LogP contribution >= 0.6 is 11.3 Å². The van der Waals surface area contributed by atoms with Gasteiger partial charge in [-0.3, -0.25) is 10.0 Å². The number of likely N-dealkylation sites (tertiary alicyclic amines) is 1. The number of benzene rings is 1. The van der Waals surface area contributed by atoms with Crippen molar-refractivity contribution in [2.75, 3.05) is 18.4 Å². The van der Waals surface area contributed by atoms with Crippen molar-refractivity contribution in [3.63, 3.8) is 0 Å². The number of thiophene rings is 1. The minimum absolute atomic E-state index is 0.354. The molecule has 2 heterocycles. The highest BCUT2D eigenvalue weighted by Gasteiger charge is 2.26. The van der Waals surface area contributed by atoms with Crippen LogP contribution in [0.2, 0.25) is 0 Å². The van der Waals surface area contributed by atoms with Crippen LogP contribution in [0.1, 0.15) is 40.0 Å². The first-order chi connectivity index (χ1) is 13.6. The number of halogens is 1. The van der Waals surface area contributed by atoms with Crippen LogP contribution in [0.15, 0.2) is 20.7 Å². The lowest BCUT2D eigenvalue weighted by Crippen LogP contribution is -2.35. The number of nitrogens with zero attached hydrogens (tertiary/aromatic N) is 2. The SMILES string of the molecule is N/S(=N/C(=O)Nc1c2c(cc3c1CC3)CCC2)c1sc(CN2CCC2)cc1F. The van der Waals surface area contributed by atoms with Crippen molar-refractivity contribution in [1.82, 2.24) is 4.90 Å². The summed E-state index contributed by atoms with van der Waals surface area (Å²) in [6.45, 7) is 2.86. The normalized spacial score (nSPS) is 18.9. The molecule has 1 fully saturated rings. The van der Waals surface area contributed by atoms with Gasteiger partial charge in [-0.05, 0) is 79.9 Å². The summed E-state index contributed by atoms with van der Waals surface area (Å²) in [6, 6.07) is 3.35. The number of fused-ring (bicyclic) bond motifs is 2. The summed E-state index contributed by atoms with van der Waals surface area (Å²) in [5.41, 5.74) is 6.11. The van der Waals surface area contributed by atoms with E-state index in [9.17, 15) is 9.18 Å². The highest BCUT2D eigenvalue weighted by Crippen LogP contribution is 2.39. The molecule has 2 aliphatic carbocycles. The van der Waals surface area contributed by atoms with Crippen molar-refractivity contribution >= 4 is 33.9 Å². The number of nitrogens with two attached hydrogens (primary N) is 1. The van der Waals surface area contributed by atoms with E-state index in [1.54, 1.807) is 0 Å². The Balaban J connectivity index is 1.35. The predicted molar refractivity (Wildman–Crippen MR) is 111 cm³/mol. The zero-order valence-corrected chi connectivity index (χ0v) is 17.2. The summed E-state index contributed by atoms with van der Waals surface area (Å²) in [5.74, 6) is -0.354.